The van der Waals surface area contributed by atoms with Gasteiger partial charge in [-0.2, -0.15) is 10.2 Å². The van der Waals surface area contributed by atoms with Crippen LogP contribution in [0.25, 0.3) is 0 Å². The number of aryl methyl sites for hydroxylation is 3. The highest BCUT2D eigenvalue weighted by atomic mass is 16.6. The molecule has 4 rings (SSSR count). The summed E-state index contributed by atoms with van der Waals surface area (Å²) in [6.07, 6.45) is 2.94. The molecule has 0 aliphatic heterocycles. The molecule has 0 bridgehead atoms. The lowest BCUT2D eigenvalue weighted by molar-refractivity contribution is -0.386. The third-order valence-electron chi connectivity index (χ3n) is 5.78. The summed E-state index contributed by atoms with van der Waals surface area (Å²) in [6.45, 7) is 3.61. The number of hydrogen-bond acceptors (Lipinski definition) is 7. The highest BCUT2D eigenvalue weighted by Gasteiger charge is 2.21. The van der Waals surface area contributed by atoms with Gasteiger partial charge in [0.1, 0.15) is 12.3 Å². The average Bonchev–Trinajstić information content (AvgIpc) is 3.39. The minimum atomic E-state index is -0.497. The molecule has 190 valence electrons. The first kappa shape index (κ1) is 25.1. The third kappa shape index (κ3) is 5.48. The van der Waals surface area contributed by atoms with Crippen molar-refractivity contribution < 1.29 is 19.2 Å². The summed E-state index contributed by atoms with van der Waals surface area (Å²) in [5.41, 5.74) is 3.31. The zero-order valence-electron chi connectivity index (χ0n) is 20.7. The molecule has 0 aliphatic rings. The Kier molecular flexibility index (Phi) is 7.00. The van der Waals surface area contributed by atoms with Gasteiger partial charge in [0.2, 0.25) is 0 Å². The molecule has 0 radical (unpaired) electrons. The minimum Gasteiger partial charge on any atom is -0.482 e. The molecule has 12 nitrogen and oxygen atoms in total. The molecule has 2 aromatic heterocycles. The van der Waals surface area contributed by atoms with E-state index in [1.54, 1.807) is 68.3 Å². The van der Waals surface area contributed by atoms with Crippen molar-refractivity contribution in [1.29, 1.82) is 0 Å². The fourth-order valence-corrected chi connectivity index (χ4v) is 3.65. The minimum absolute atomic E-state index is 0.0238. The number of carbonyl (C=O) groups is 2. The molecule has 0 aliphatic carbocycles. The van der Waals surface area contributed by atoms with Crippen molar-refractivity contribution >= 4 is 28.9 Å². The van der Waals surface area contributed by atoms with Crippen LogP contribution in [0.4, 0.5) is 17.1 Å². The molecule has 0 saturated heterocycles. The van der Waals surface area contributed by atoms with E-state index in [0.29, 0.717) is 16.8 Å². The molecule has 2 heterocycles. The Morgan fingerprint density at radius 3 is 2.38 bits per heavy atom. The van der Waals surface area contributed by atoms with Crippen LogP contribution in [0.1, 0.15) is 37.7 Å². The smallest absolute Gasteiger partial charge is 0.311 e. The summed E-state index contributed by atoms with van der Waals surface area (Å²) < 4.78 is 8.67. The van der Waals surface area contributed by atoms with E-state index >= 15 is 0 Å². The van der Waals surface area contributed by atoms with Crippen LogP contribution in [0.5, 0.6) is 5.75 Å². The molecule has 0 saturated carbocycles. The SMILES string of the molecule is Cc1ccc(OCc2cccc(C(=O)Nc3cnn(C)c3C(=O)Nc3cnn(C)c3C)c2)c([N+](=O)[O-])c1. The van der Waals surface area contributed by atoms with Crippen LogP contribution in [-0.2, 0) is 20.7 Å². The third-order valence-corrected chi connectivity index (χ3v) is 5.78. The fraction of sp³-hybridized carbons (Fsp3) is 0.200. The maximum absolute atomic E-state index is 13.0. The summed E-state index contributed by atoms with van der Waals surface area (Å²) in [6, 6.07) is 11.4. The number of nitrogens with zero attached hydrogens (tertiary/aromatic N) is 5. The van der Waals surface area contributed by atoms with Gasteiger partial charge in [-0.25, -0.2) is 0 Å². The van der Waals surface area contributed by atoms with E-state index in [9.17, 15) is 19.7 Å². The van der Waals surface area contributed by atoms with E-state index in [1.807, 2.05) is 6.92 Å². The number of benzene rings is 2. The van der Waals surface area contributed by atoms with Crippen LogP contribution < -0.4 is 15.4 Å². The predicted octanol–water partition coefficient (Wildman–Crippen LogP) is 3.76. The van der Waals surface area contributed by atoms with E-state index in [-0.39, 0.29) is 29.4 Å². The highest BCUT2D eigenvalue weighted by molar-refractivity contribution is 6.11. The molecule has 0 unspecified atom stereocenters. The van der Waals surface area contributed by atoms with Crippen molar-refractivity contribution in [3.63, 3.8) is 0 Å². The number of aromatic nitrogens is 4. The van der Waals surface area contributed by atoms with Gasteiger partial charge in [-0.1, -0.05) is 18.2 Å². The molecule has 0 spiro atoms. The van der Waals surface area contributed by atoms with E-state index in [0.717, 1.165) is 11.3 Å². The van der Waals surface area contributed by atoms with Crippen molar-refractivity contribution in [1.82, 2.24) is 19.6 Å². The van der Waals surface area contributed by atoms with Crippen LogP contribution >= 0.6 is 0 Å². The Bertz CT molecular complexity index is 1510. The molecule has 0 atom stereocenters. The maximum Gasteiger partial charge on any atom is 0.311 e. The average molecular weight is 504 g/mol. The molecule has 4 aromatic rings. The monoisotopic (exact) mass is 503 g/mol. The lowest BCUT2D eigenvalue weighted by atomic mass is 10.1. The Morgan fingerprint density at radius 2 is 1.68 bits per heavy atom. The van der Waals surface area contributed by atoms with Gasteiger partial charge in [-0.15, -0.1) is 0 Å². The standard InChI is InChI=1S/C25H25N7O5/c1-15-8-9-22(21(10-15)32(35)36)37-14-17-6-5-7-18(11-17)24(33)29-20-13-27-31(4)23(20)25(34)28-19-12-26-30(3)16(19)2/h5-13H,14H2,1-4H3,(H,28,34)(H,29,33). The maximum atomic E-state index is 13.0. The van der Waals surface area contributed by atoms with Crippen molar-refractivity contribution in [3.8, 4) is 5.75 Å². The van der Waals surface area contributed by atoms with Gasteiger partial charge in [0.15, 0.2) is 5.75 Å². The highest BCUT2D eigenvalue weighted by Crippen LogP contribution is 2.28. The van der Waals surface area contributed by atoms with Crippen molar-refractivity contribution in [2.75, 3.05) is 10.6 Å². The number of amides is 2. The summed E-state index contributed by atoms with van der Waals surface area (Å²) >= 11 is 0. The number of anilines is 2. The van der Waals surface area contributed by atoms with Crippen molar-refractivity contribution in [2.45, 2.75) is 20.5 Å². The predicted molar refractivity (Wildman–Crippen MR) is 136 cm³/mol. The van der Waals surface area contributed by atoms with E-state index < -0.39 is 16.7 Å². The number of rotatable bonds is 8. The lowest BCUT2D eigenvalue weighted by Gasteiger charge is -2.10. The molecular formula is C25H25N7O5. The fourth-order valence-electron chi connectivity index (χ4n) is 3.65. The second-order valence-corrected chi connectivity index (χ2v) is 8.42. The lowest BCUT2D eigenvalue weighted by Crippen LogP contribution is -2.20. The molecule has 2 N–H and O–H groups in total. The van der Waals surface area contributed by atoms with Gasteiger partial charge in [-0.05, 0) is 43.2 Å². The Morgan fingerprint density at radius 1 is 0.973 bits per heavy atom. The van der Waals surface area contributed by atoms with E-state index in [1.165, 1.54) is 16.9 Å². The van der Waals surface area contributed by atoms with Crippen molar-refractivity contribution in [3.05, 3.63) is 93.1 Å². The molecule has 37 heavy (non-hydrogen) atoms. The van der Waals surface area contributed by atoms with E-state index in [4.69, 9.17) is 4.74 Å². The van der Waals surface area contributed by atoms with Crippen LogP contribution in [0.15, 0.2) is 54.9 Å². The summed E-state index contributed by atoms with van der Waals surface area (Å²) in [7, 11) is 3.37. The number of hydrogen-bond donors (Lipinski definition) is 2. The number of carbonyl (C=O) groups excluding carboxylic acids is 2. The van der Waals surface area contributed by atoms with Gasteiger partial charge in [0.25, 0.3) is 11.8 Å². The first-order valence-corrected chi connectivity index (χ1v) is 11.2. The quantitative estimate of drug-likeness (QED) is 0.275. The normalized spacial score (nSPS) is 10.7. The second kappa shape index (κ2) is 10.3. The summed E-state index contributed by atoms with van der Waals surface area (Å²) in [5.74, 6) is -0.767. The number of nitro benzene ring substituents is 1. The number of nitro groups is 1. The molecule has 12 heteroatoms. The Balaban J connectivity index is 1.48. The van der Waals surface area contributed by atoms with E-state index in [2.05, 4.69) is 20.8 Å². The number of nitrogens with one attached hydrogen (secondary N) is 2. The summed E-state index contributed by atoms with van der Waals surface area (Å²) in [4.78, 5) is 36.8. The van der Waals surface area contributed by atoms with Gasteiger partial charge in [-0.3, -0.25) is 29.1 Å². The first-order chi connectivity index (χ1) is 17.6. The van der Waals surface area contributed by atoms with Gasteiger partial charge in [0.05, 0.1) is 34.4 Å². The van der Waals surface area contributed by atoms with Crippen LogP contribution in [-0.4, -0.2) is 36.3 Å². The Labute approximate surface area is 212 Å². The topological polar surface area (TPSA) is 146 Å². The first-order valence-electron chi connectivity index (χ1n) is 11.2. The van der Waals surface area contributed by atoms with Gasteiger partial charge >= 0.3 is 5.69 Å². The van der Waals surface area contributed by atoms with Crippen LogP contribution in [0.3, 0.4) is 0 Å². The summed E-state index contributed by atoms with van der Waals surface area (Å²) in [5, 5.41) is 25.1. The van der Waals surface area contributed by atoms with Crippen molar-refractivity contribution in [2.24, 2.45) is 14.1 Å². The van der Waals surface area contributed by atoms with Gasteiger partial charge in [0, 0.05) is 25.7 Å². The van der Waals surface area contributed by atoms with Gasteiger partial charge < -0.3 is 15.4 Å². The Hall–Kier alpha value is -5.00. The molecule has 2 amide bonds. The molecule has 2 aromatic carbocycles. The molecular weight excluding hydrogens is 478 g/mol. The van der Waals surface area contributed by atoms with Crippen LogP contribution in [0, 0.1) is 24.0 Å². The zero-order chi connectivity index (χ0) is 26.7. The number of ether oxygens (including phenoxy) is 1. The second-order valence-electron chi connectivity index (χ2n) is 8.42. The largest absolute Gasteiger partial charge is 0.482 e. The van der Waals surface area contributed by atoms with Crippen LogP contribution in [0.2, 0.25) is 0 Å². The zero-order valence-corrected chi connectivity index (χ0v) is 20.7. The molecule has 0 fully saturated rings.